The van der Waals surface area contributed by atoms with Crippen molar-refractivity contribution in [3.8, 4) is 0 Å². The van der Waals surface area contributed by atoms with Crippen LogP contribution in [0.2, 0.25) is 0 Å². The van der Waals surface area contributed by atoms with Crippen LogP contribution in [0.3, 0.4) is 0 Å². The van der Waals surface area contributed by atoms with Crippen molar-refractivity contribution >= 4 is 6.09 Å². The molecule has 33 heavy (non-hydrogen) atoms. The van der Waals surface area contributed by atoms with Crippen LogP contribution in [0.25, 0.3) is 0 Å². The quantitative estimate of drug-likeness (QED) is 0.475. The van der Waals surface area contributed by atoms with Crippen LogP contribution in [0.15, 0.2) is 60.7 Å². The second-order valence-electron chi connectivity index (χ2n) is 9.23. The van der Waals surface area contributed by atoms with Crippen LogP contribution >= 0.6 is 0 Å². The molecule has 5 heteroatoms. The molecule has 1 heterocycles. The summed E-state index contributed by atoms with van der Waals surface area (Å²) in [5.41, 5.74) is 2.62. The second-order valence-corrected chi connectivity index (χ2v) is 9.23. The van der Waals surface area contributed by atoms with Gasteiger partial charge in [0.15, 0.2) is 0 Å². The zero-order valence-electron chi connectivity index (χ0n) is 20.4. The Morgan fingerprint density at radius 3 is 2.30 bits per heavy atom. The lowest BCUT2D eigenvalue weighted by Crippen LogP contribution is -2.54. The van der Waals surface area contributed by atoms with E-state index >= 15 is 0 Å². The maximum Gasteiger partial charge on any atom is 0.407 e. The predicted octanol–water partition coefficient (Wildman–Crippen LogP) is 5.32. The third kappa shape index (κ3) is 8.82. The van der Waals surface area contributed by atoms with E-state index < -0.39 is 0 Å². The number of alkyl carbamates (subject to hydrolysis) is 1. The summed E-state index contributed by atoms with van der Waals surface area (Å²) in [5, 5.41) is 3.00. The minimum atomic E-state index is -0.287. The molecule has 2 unspecified atom stereocenters. The van der Waals surface area contributed by atoms with E-state index in [9.17, 15) is 4.79 Å². The van der Waals surface area contributed by atoms with Gasteiger partial charge in [0.25, 0.3) is 0 Å². The normalized spacial score (nSPS) is 18.1. The highest BCUT2D eigenvalue weighted by Gasteiger charge is 2.28. The van der Waals surface area contributed by atoms with Gasteiger partial charge in [0.2, 0.25) is 0 Å². The van der Waals surface area contributed by atoms with Crippen molar-refractivity contribution < 1.29 is 9.53 Å². The van der Waals surface area contributed by atoms with E-state index in [4.69, 9.17) is 4.74 Å². The highest BCUT2D eigenvalue weighted by Crippen LogP contribution is 2.17. The summed E-state index contributed by atoms with van der Waals surface area (Å²) in [6, 6.07) is 21.3. The third-order valence-electron chi connectivity index (χ3n) is 6.65. The molecule has 1 aliphatic heterocycles. The number of hydrogen-bond acceptors (Lipinski definition) is 4. The van der Waals surface area contributed by atoms with Crippen molar-refractivity contribution in [1.29, 1.82) is 0 Å². The number of carbonyl (C=O) groups excluding carboxylic acids is 1. The number of carbonyl (C=O) groups is 1. The molecule has 1 saturated heterocycles. The molecule has 0 saturated carbocycles. The summed E-state index contributed by atoms with van der Waals surface area (Å²) in [4.78, 5) is 17.4. The molecule has 0 radical (unpaired) electrons. The third-order valence-corrected chi connectivity index (χ3v) is 6.65. The zero-order valence-corrected chi connectivity index (χ0v) is 20.4. The van der Waals surface area contributed by atoms with Crippen molar-refractivity contribution in [3.63, 3.8) is 0 Å². The van der Waals surface area contributed by atoms with Crippen LogP contribution < -0.4 is 5.32 Å². The van der Waals surface area contributed by atoms with Gasteiger partial charge in [-0.3, -0.25) is 9.80 Å². The first-order valence-electron chi connectivity index (χ1n) is 12.6. The molecule has 3 rings (SSSR count). The molecule has 180 valence electrons. The van der Waals surface area contributed by atoms with Crippen molar-refractivity contribution in [1.82, 2.24) is 15.1 Å². The van der Waals surface area contributed by atoms with Crippen molar-refractivity contribution in [2.24, 2.45) is 5.92 Å². The number of nitrogens with one attached hydrogen (secondary N) is 1. The lowest BCUT2D eigenvalue weighted by Gasteiger charge is -2.41. The molecule has 2 aromatic carbocycles. The summed E-state index contributed by atoms with van der Waals surface area (Å²) in [5.74, 6) is 0.531. The first kappa shape index (κ1) is 25.3. The van der Waals surface area contributed by atoms with Crippen LogP contribution in [0.4, 0.5) is 4.79 Å². The molecular formula is C28H41N3O2. The Balaban J connectivity index is 1.54. The van der Waals surface area contributed by atoms with Gasteiger partial charge in [-0.15, -0.1) is 0 Å². The van der Waals surface area contributed by atoms with Gasteiger partial charge >= 0.3 is 6.09 Å². The smallest absolute Gasteiger partial charge is 0.407 e. The highest BCUT2D eigenvalue weighted by atomic mass is 16.5. The van der Waals surface area contributed by atoms with Gasteiger partial charge in [0.1, 0.15) is 6.61 Å². The summed E-state index contributed by atoms with van der Waals surface area (Å²) in [6.07, 6.45) is 4.37. The average molecular weight is 452 g/mol. The summed E-state index contributed by atoms with van der Waals surface area (Å²) in [6.45, 7) is 10.2. The monoisotopic (exact) mass is 451 g/mol. The van der Waals surface area contributed by atoms with Crippen molar-refractivity contribution in [2.45, 2.75) is 58.7 Å². The lowest BCUT2D eigenvalue weighted by molar-refractivity contribution is 0.0231. The van der Waals surface area contributed by atoms with E-state index in [0.29, 0.717) is 19.1 Å². The minimum Gasteiger partial charge on any atom is -0.448 e. The summed E-state index contributed by atoms with van der Waals surface area (Å²) >= 11 is 0. The molecule has 0 bridgehead atoms. The summed E-state index contributed by atoms with van der Waals surface area (Å²) < 4.78 is 5.73. The van der Waals surface area contributed by atoms with E-state index in [1.807, 2.05) is 0 Å². The Bertz CT molecular complexity index is 799. The number of unbranched alkanes of at least 4 members (excludes halogenated alkanes) is 1. The van der Waals surface area contributed by atoms with E-state index in [-0.39, 0.29) is 12.1 Å². The molecular weight excluding hydrogens is 410 g/mol. The molecule has 5 nitrogen and oxygen atoms in total. The van der Waals surface area contributed by atoms with Gasteiger partial charge in [0.05, 0.1) is 6.04 Å². The Morgan fingerprint density at radius 1 is 1.00 bits per heavy atom. The minimum absolute atomic E-state index is 0.176. The Morgan fingerprint density at radius 2 is 1.67 bits per heavy atom. The SMILES string of the molecule is CCCCC(CC)CNC(=O)OCC1CN(Cc2ccccc2)CCN1Cc1ccccc1. The maximum absolute atomic E-state index is 12.5. The molecule has 1 aliphatic rings. The molecule has 0 spiro atoms. The van der Waals surface area contributed by atoms with Crippen LogP contribution in [0, 0.1) is 5.92 Å². The van der Waals surface area contributed by atoms with E-state index in [0.717, 1.165) is 45.6 Å². The van der Waals surface area contributed by atoms with E-state index in [1.54, 1.807) is 0 Å². The summed E-state index contributed by atoms with van der Waals surface area (Å²) in [7, 11) is 0. The number of benzene rings is 2. The van der Waals surface area contributed by atoms with Gasteiger partial charge < -0.3 is 10.1 Å². The molecule has 2 aromatic rings. The number of amides is 1. The lowest BCUT2D eigenvalue weighted by atomic mass is 10.00. The Hall–Kier alpha value is -2.37. The first-order chi connectivity index (χ1) is 16.2. The number of rotatable bonds is 12. The Labute approximate surface area is 200 Å². The largest absolute Gasteiger partial charge is 0.448 e. The first-order valence-corrected chi connectivity index (χ1v) is 12.6. The van der Waals surface area contributed by atoms with Gasteiger partial charge in [0, 0.05) is 39.3 Å². The van der Waals surface area contributed by atoms with Crippen LogP contribution in [0.1, 0.15) is 50.7 Å². The molecule has 0 aromatic heterocycles. The molecule has 1 amide bonds. The van der Waals surface area contributed by atoms with Gasteiger partial charge in [-0.2, -0.15) is 0 Å². The highest BCUT2D eigenvalue weighted by molar-refractivity contribution is 5.67. The van der Waals surface area contributed by atoms with Crippen LogP contribution in [0.5, 0.6) is 0 Å². The molecule has 0 aliphatic carbocycles. The van der Waals surface area contributed by atoms with E-state index in [1.165, 1.54) is 24.0 Å². The van der Waals surface area contributed by atoms with Crippen molar-refractivity contribution in [3.05, 3.63) is 71.8 Å². The van der Waals surface area contributed by atoms with Gasteiger partial charge in [-0.05, 0) is 23.5 Å². The Kier molecular flexibility index (Phi) is 10.7. The van der Waals surface area contributed by atoms with Gasteiger partial charge in [-0.1, -0.05) is 93.8 Å². The predicted molar refractivity (Wildman–Crippen MR) is 135 cm³/mol. The van der Waals surface area contributed by atoms with E-state index in [2.05, 4.69) is 89.6 Å². The fourth-order valence-corrected chi connectivity index (χ4v) is 4.52. The fraction of sp³-hybridized carbons (Fsp3) is 0.536. The van der Waals surface area contributed by atoms with Gasteiger partial charge in [-0.25, -0.2) is 4.79 Å². The topological polar surface area (TPSA) is 44.8 Å². The van der Waals surface area contributed by atoms with Crippen molar-refractivity contribution in [2.75, 3.05) is 32.8 Å². The van der Waals surface area contributed by atoms with Crippen LogP contribution in [-0.2, 0) is 17.8 Å². The molecule has 1 fully saturated rings. The number of hydrogen-bond donors (Lipinski definition) is 1. The fourth-order valence-electron chi connectivity index (χ4n) is 4.52. The molecule has 1 N–H and O–H groups in total. The standard InChI is InChI=1S/C28H41N3O2/c1-3-5-12-24(4-2)19-29-28(32)33-23-27-22-30(20-25-13-8-6-9-14-25)17-18-31(27)21-26-15-10-7-11-16-26/h6-11,13-16,24,27H,3-5,12,17-23H2,1-2H3,(H,29,32). The maximum atomic E-state index is 12.5. The van der Waals surface area contributed by atoms with Crippen LogP contribution in [-0.4, -0.2) is 54.7 Å². The number of piperazine rings is 1. The second kappa shape index (κ2) is 14.0. The number of ether oxygens (including phenoxy) is 1. The molecule has 2 atom stereocenters. The average Bonchev–Trinajstić information content (AvgIpc) is 2.85. The number of nitrogens with zero attached hydrogens (tertiary/aromatic N) is 2. The zero-order chi connectivity index (χ0) is 23.3.